The molecule has 0 saturated carbocycles. The Morgan fingerprint density at radius 1 is 1.24 bits per heavy atom. The minimum Gasteiger partial charge on any atom is -0.260 e. The Hall–Kier alpha value is -2.01. The van der Waals surface area contributed by atoms with E-state index in [4.69, 9.17) is 11.6 Å². The lowest BCUT2D eigenvalue weighted by molar-refractivity contribution is 1.02. The zero-order chi connectivity index (χ0) is 12.1. The van der Waals surface area contributed by atoms with Gasteiger partial charge in [-0.3, -0.25) is 10.4 Å². The van der Waals surface area contributed by atoms with E-state index in [2.05, 4.69) is 25.7 Å². The van der Waals surface area contributed by atoms with Crippen LogP contribution >= 0.6 is 11.6 Å². The number of aromatic nitrogens is 3. The van der Waals surface area contributed by atoms with Gasteiger partial charge in [-0.2, -0.15) is 5.10 Å². The SMILES string of the molecule is Cc1cccc(/C=N\Nc2ccc(Cl)nn2)n1. The van der Waals surface area contributed by atoms with Crippen molar-refractivity contribution < 1.29 is 0 Å². The zero-order valence-corrected chi connectivity index (χ0v) is 9.89. The Morgan fingerprint density at radius 3 is 2.82 bits per heavy atom. The van der Waals surface area contributed by atoms with E-state index in [0.717, 1.165) is 11.4 Å². The Labute approximate surface area is 104 Å². The van der Waals surface area contributed by atoms with Gasteiger partial charge in [0.15, 0.2) is 11.0 Å². The number of pyridine rings is 1. The van der Waals surface area contributed by atoms with Crippen LogP contribution in [-0.4, -0.2) is 21.4 Å². The molecule has 2 aromatic rings. The van der Waals surface area contributed by atoms with Crippen molar-refractivity contribution in [2.45, 2.75) is 6.92 Å². The third-order valence-electron chi connectivity index (χ3n) is 1.92. The van der Waals surface area contributed by atoms with Gasteiger partial charge in [0.2, 0.25) is 0 Å². The molecule has 0 radical (unpaired) electrons. The third-order valence-corrected chi connectivity index (χ3v) is 2.12. The van der Waals surface area contributed by atoms with Crippen LogP contribution in [0.2, 0.25) is 5.15 Å². The van der Waals surface area contributed by atoms with Gasteiger partial charge in [0.1, 0.15) is 0 Å². The smallest absolute Gasteiger partial charge is 0.168 e. The molecule has 17 heavy (non-hydrogen) atoms. The van der Waals surface area contributed by atoms with Crippen LogP contribution in [0.1, 0.15) is 11.4 Å². The molecule has 2 rings (SSSR count). The Balaban J connectivity index is 2.00. The van der Waals surface area contributed by atoms with Gasteiger partial charge in [-0.05, 0) is 31.2 Å². The number of halogens is 1. The van der Waals surface area contributed by atoms with Crippen molar-refractivity contribution in [1.29, 1.82) is 0 Å². The largest absolute Gasteiger partial charge is 0.260 e. The van der Waals surface area contributed by atoms with Crippen molar-refractivity contribution >= 4 is 23.6 Å². The fraction of sp³-hybridized carbons (Fsp3) is 0.0909. The molecular formula is C11H10ClN5. The van der Waals surface area contributed by atoms with E-state index in [1.807, 2.05) is 25.1 Å². The standard InChI is InChI=1S/C11H10ClN5/c1-8-3-2-4-9(14-8)7-13-16-11-6-5-10(12)15-17-11/h2-7H,1H3,(H,16,17)/b13-7-. The average Bonchev–Trinajstić information content (AvgIpc) is 2.32. The van der Waals surface area contributed by atoms with E-state index in [0.29, 0.717) is 11.0 Å². The van der Waals surface area contributed by atoms with E-state index >= 15 is 0 Å². The summed E-state index contributed by atoms with van der Waals surface area (Å²) in [5, 5.41) is 11.8. The van der Waals surface area contributed by atoms with Gasteiger partial charge in [-0.1, -0.05) is 17.7 Å². The fourth-order valence-electron chi connectivity index (χ4n) is 1.18. The number of anilines is 1. The Kier molecular flexibility index (Phi) is 3.62. The highest BCUT2D eigenvalue weighted by molar-refractivity contribution is 6.29. The normalized spacial score (nSPS) is 10.7. The van der Waals surface area contributed by atoms with Crippen molar-refractivity contribution in [1.82, 2.24) is 15.2 Å². The van der Waals surface area contributed by atoms with Gasteiger partial charge in [0.05, 0.1) is 11.9 Å². The second kappa shape index (κ2) is 5.36. The molecule has 0 unspecified atom stereocenters. The van der Waals surface area contributed by atoms with E-state index in [1.54, 1.807) is 18.3 Å². The van der Waals surface area contributed by atoms with Crippen LogP contribution in [0.5, 0.6) is 0 Å². The zero-order valence-electron chi connectivity index (χ0n) is 9.13. The maximum Gasteiger partial charge on any atom is 0.168 e. The minimum atomic E-state index is 0.347. The summed E-state index contributed by atoms with van der Waals surface area (Å²) in [5.74, 6) is 0.526. The van der Waals surface area contributed by atoms with E-state index < -0.39 is 0 Å². The Morgan fingerprint density at radius 2 is 2.12 bits per heavy atom. The summed E-state index contributed by atoms with van der Waals surface area (Å²) in [6.07, 6.45) is 1.61. The second-order valence-corrected chi connectivity index (χ2v) is 3.70. The molecule has 0 saturated heterocycles. The van der Waals surface area contributed by atoms with Gasteiger partial charge in [0.25, 0.3) is 0 Å². The van der Waals surface area contributed by atoms with Crippen molar-refractivity contribution in [3.05, 3.63) is 46.9 Å². The van der Waals surface area contributed by atoms with E-state index in [1.165, 1.54) is 0 Å². The molecule has 5 nitrogen and oxygen atoms in total. The predicted molar refractivity (Wildman–Crippen MR) is 67.2 cm³/mol. The van der Waals surface area contributed by atoms with Crippen LogP contribution in [0.4, 0.5) is 5.82 Å². The molecule has 0 amide bonds. The first-order valence-electron chi connectivity index (χ1n) is 4.96. The van der Waals surface area contributed by atoms with Crippen LogP contribution in [0.15, 0.2) is 35.4 Å². The van der Waals surface area contributed by atoms with E-state index in [9.17, 15) is 0 Å². The first kappa shape index (κ1) is 11.5. The number of nitrogens with zero attached hydrogens (tertiary/aromatic N) is 4. The average molecular weight is 248 g/mol. The predicted octanol–water partition coefficient (Wildman–Crippen LogP) is 2.28. The number of aryl methyl sites for hydroxylation is 1. The van der Waals surface area contributed by atoms with Gasteiger partial charge >= 0.3 is 0 Å². The number of hydrogen-bond donors (Lipinski definition) is 1. The number of nitrogens with one attached hydrogen (secondary N) is 1. The van der Waals surface area contributed by atoms with E-state index in [-0.39, 0.29) is 0 Å². The molecule has 2 heterocycles. The highest BCUT2D eigenvalue weighted by Gasteiger charge is 1.93. The van der Waals surface area contributed by atoms with Crippen LogP contribution in [0.3, 0.4) is 0 Å². The molecule has 0 atom stereocenters. The van der Waals surface area contributed by atoms with Crippen molar-refractivity contribution in [2.24, 2.45) is 5.10 Å². The number of hydrogen-bond acceptors (Lipinski definition) is 5. The molecular weight excluding hydrogens is 238 g/mol. The first-order valence-corrected chi connectivity index (χ1v) is 5.34. The lowest BCUT2D eigenvalue weighted by Gasteiger charge is -1.97. The summed E-state index contributed by atoms with van der Waals surface area (Å²) in [6.45, 7) is 1.93. The monoisotopic (exact) mass is 247 g/mol. The molecule has 0 aliphatic heterocycles. The maximum absolute atomic E-state index is 5.61. The van der Waals surface area contributed by atoms with Crippen LogP contribution in [-0.2, 0) is 0 Å². The lowest BCUT2D eigenvalue weighted by Crippen LogP contribution is -1.96. The molecule has 0 aliphatic carbocycles. The molecule has 0 fully saturated rings. The summed E-state index contributed by atoms with van der Waals surface area (Å²) in [5.41, 5.74) is 4.46. The van der Waals surface area contributed by atoms with Crippen LogP contribution in [0, 0.1) is 6.92 Å². The summed E-state index contributed by atoms with van der Waals surface area (Å²) in [6, 6.07) is 9.04. The van der Waals surface area contributed by atoms with Crippen LogP contribution < -0.4 is 5.43 Å². The lowest BCUT2D eigenvalue weighted by atomic mass is 10.3. The molecule has 6 heteroatoms. The Bertz CT molecular complexity index is 524. The van der Waals surface area contributed by atoms with Gasteiger partial charge in [-0.15, -0.1) is 10.2 Å². The molecule has 0 bridgehead atoms. The molecule has 0 aliphatic rings. The minimum absolute atomic E-state index is 0.347. The second-order valence-electron chi connectivity index (χ2n) is 3.32. The first-order chi connectivity index (χ1) is 8.24. The summed E-state index contributed by atoms with van der Waals surface area (Å²) in [7, 11) is 0. The highest BCUT2D eigenvalue weighted by atomic mass is 35.5. The molecule has 1 N–H and O–H groups in total. The summed E-state index contributed by atoms with van der Waals surface area (Å²) in [4.78, 5) is 4.27. The third kappa shape index (κ3) is 3.49. The van der Waals surface area contributed by atoms with Gasteiger partial charge in [-0.25, -0.2) is 0 Å². The van der Waals surface area contributed by atoms with Gasteiger partial charge < -0.3 is 0 Å². The van der Waals surface area contributed by atoms with Gasteiger partial charge in [0, 0.05) is 5.69 Å². The molecule has 0 aromatic carbocycles. The fourth-order valence-corrected chi connectivity index (χ4v) is 1.28. The highest BCUT2D eigenvalue weighted by Crippen LogP contribution is 2.05. The maximum atomic E-state index is 5.61. The number of rotatable bonds is 3. The summed E-state index contributed by atoms with van der Waals surface area (Å²) >= 11 is 5.61. The number of hydrazone groups is 1. The quantitative estimate of drug-likeness (QED) is 0.668. The molecule has 86 valence electrons. The molecule has 0 spiro atoms. The van der Waals surface area contributed by atoms with Crippen LogP contribution in [0.25, 0.3) is 0 Å². The van der Waals surface area contributed by atoms with Crippen molar-refractivity contribution in [3.63, 3.8) is 0 Å². The van der Waals surface area contributed by atoms with Crippen molar-refractivity contribution in [3.8, 4) is 0 Å². The van der Waals surface area contributed by atoms with Crippen molar-refractivity contribution in [2.75, 3.05) is 5.43 Å². The summed E-state index contributed by atoms with van der Waals surface area (Å²) < 4.78 is 0. The topological polar surface area (TPSA) is 63.1 Å². The molecule has 2 aromatic heterocycles.